The molecular formula is C24H33N5O2S. The van der Waals surface area contributed by atoms with Crippen molar-refractivity contribution >= 4 is 28.5 Å². The van der Waals surface area contributed by atoms with E-state index in [1.54, 1.807) is 13.2 Å². The van der Waals surface area contributed by atoms with Crippen molar-refractivity contribution in [3.63, 3.8) is 0 Å². The molecule has 1 fully saturated rings. The average Bonchev–Trinajstić information content (AvgIpc) is 3.29. The van der Waals surface area contributed by atoms with Gasteiger partial charge in [-0.3, -0.25) is 15.0 Å². The summed E-state index contributed by atoms with van der Waals surface area (Å²) in [6, 6.07) is 4.20. The van der Waals surface area contributed by atoms with Crippen LogP contribution in [-0.2, 0) is 16.1 Å². The minimum Gasteiger partial charge on any atom is -0.383 e. The van der Waals surface area contributed by atoms with Crippen molar-refractivity contribution in [3.05, 3.63) is 39.7 Å². The first-order valence-corrected chi connectivity index (χ1v) is 12.0. The number of carbonyl (C=O) groups excluding carboxylic acids is 1. The second kappa shape index (κ2) is 10.9. The fourth-order valence-corrected chi connectivity index (χ4v) is 5.20. The van der Waals surface area contributed by atoms with E-state index >= 15 is 0 Å². The van der Waals surface area contributed by atoms with Gasteiger partial charge in [0.25, 0.3) is 5.91 Å². The summed E-state index contributed by atoms with van der Waals surface area (Å²) in [5.74, 6) is 0.277. The maximum Gasteiger partial charge on any atom is 0.268 e. The maximum atomic E-state index is 12.8. The molecule has 1 amide bonds. The zero-order valence-corrected chi connectivity index (χ0v) is 20.5. The summed E-state index contributed by atoms with van der Waals surface area (Å²) in [4.78, 5) is 19.7. The number of amides is 1. The SMILES string of the molecule is COCC(C)n1c(C)cc(/C=C(/C#N)C(=O)Nc2nc(CN3CCCC(C)C3)cs2)c1C. The Morgan fingerprint density at radius 1 is 1.50 bits per heavy atom. The number of methoxy groups -OCH3 is 1. The molecule has 0 aliphatic carbocycles. The molecule has 2 unspecified atom stereocenters. The van der Waals surface area contributed by atoms with Gasteiger partial charge in [-0.15, -0.1) is 11.3 Å². The number of hydrogen-bond acceptors (Lipinski definition) is 6. The van der Waals surface area contributed by atoms with Crippen molar-refractivity contribution in [1.29, 1.82) is 5.26 Å². The van der Waals surface area contributed by atoms with Gasteiger partial charge in [0, 0.05) is 37.0 Å². The number of aryl methyl sites for hydroxylation is 1. The van der Waals surface area contributed by atoms with E-state index in [9.17, 15) is 10.1 Å². The minimum atomic E-state index is -0.435. The number of anilines is 1. The number of nitrogens with zero attached hydrogens (tertiary/aromatic N) is 4. The predicted octanol–water partition coefficient (Wildman–Crippen LogP) is 4.55. The van der Waals surface area contributed by atoms with E-state index in [2.05, 4.69) is 33.6 Å². The second-order valence-electron chi connectivity index (χ2n) is 8.75. The van der Waals surface area contributed by atoms with Crippen molar-refractivity contribution in [2.45, 2.75) is 53.1 Å². The van der Waals surface area contributed by atoms with Gasteiger partial charge in [-0.25, -0.2) is 4.98 Å². The van der Waals surface area contributed by atoms with E-state index in [4.69, 9.17) is 4.74 Å². The van der Waals surface area contributed by atoms with E-state index in [1.165, 1.54) is 24.2 Å². The molecule has 0 saturated carbocycles. The van der Waals surface area contributed by atoms with Crippen molar-refractivity contribution in [2.75, 3.05) is 32.1 Å². The number of piperidine rings is 1. The number of ether oxygens (including phenoxy) is 1. The fraction of sp³-hybridized carbons (Fsp3) is 0.542. The lowest BCUT2D eigenvalue weighted by Gasteiger charge is -2.30. The smallest absolute Gasteiger partial charge is 0.268 e. The van der Waals surface area contributed by atoms with Crippen LogP contribution in [0.1, 0.15) is 55.4 Å². The summed E-state index contributed by atoms with van der Waals surface area (Å²) >= 11 is 1.40. The highest BCUT2D eigenvalue weighted by Crippen LogP contribution is 2.24. The minimum absolute atomic E-state index is 0.0613. The van der Waals surface area contributed by atoms with Crippen LogP contribution in [0.3, 0.4) is 0 Å². The summed E-state index contributed by atoms with van der Waals surface area (Å²) in [7, 11) is 1.68. The van der Waals surface area contributed by atoms with E-state index in [-0.39, 0.29) is 11.6 Å². The molecule has 0 spiro atoms. The molecule has 1 aliphatic heterocycles. The fourth-order valence-electron chi connectivity index (χ4n) is 4.51. The Hall–Kier alpha value is -2.47. The molecule has 2 aromatic heterocycles. The molecule has 8 heteroatoms. The van der Waals surface area contributed by atoms with Crippen LogP contribution in [0.2, 0.25) is 0 Å². The van der Waals surface area contributed by atoms with Gasteiger partial charge in [0.05, 0.1) is 18.3 Å². The van der Waals surface area contributed by atoms with Crippen LogP contribution in [0.25, 0.3) is 6.08 Å². The first kappa shape index (κ1) is 24.2. The Labute approximate surface area is 194 Å². The van der Waals surface area contributed by atoms with Gasteiger partial charge in [-0.2, -0.15) is 5.26 Å². The van der Waals surface area contributed by atoms with Gasteiger partial charge in [-0.1, -0.05) is 6.92 Å². The quantitative estimate of drug-likeness (QED) is 0.466. The van der Waals surface area contributed by atoms with E-state index < -0.39 is 5.91 Å². The predicted molar refractivity (Wildman–Crippen MR) is 129 cm³/mol. The summed E-state index contributed by atoms with van der Waals surface area (Å²) < 4.78 is 7.44. The maximum absolute atomic E-state index is 12.8. The van der Waals surface area contributed by atoms with Gasteiger partial charge >= 0.3 is 0 Å². The number of aromatic nitrogens is 2. The molecule has 1 aliphatic rings. The number of nitriles is 1. The molecule has 0 aromatic carbocycles. The van der Waals surface area contributed by atoms with Crippen LogP contribution >= 0.6 is 11.3 Å². The Morgan fingerprint density at radius 3 is 2.97 bits per heavy atom. The van der Waals surface area contributed by atoms with E-state index in [0.29, 0.717) is 17.7 Å². The molecule has 1 saturated heterocycles. The molecule has 0 bridgehead atoms. The monoisotopic (exact) mass is 455 g/mol. The third kappa shape index (κ3) is 5.85. The van der Waals surface area contributed by atoms with Crippen molar-refractivity contribution in [2.24, 2.45) is 5.92 Å². The highest BCUT2D eigenvalue weighted by atomic mass is 32.1. The third-order valence-electron chi connectivity index (χ3n) is 5.94. The third-order valence-corrected chi connectivity index (χ3v) is 6.74. The molecular weight excluding hydrogens is 422 g/mol. The Bertz CT molecular complexity index is 1020. The van der Waals surface area contributed by atoms with Crippen molar-refractivity contribution in [3.8, 4) is 6.07 Å². The van der Waals surface area contributed by atoms with Gasteiger partial charge < -0.3 is 9.30 Å². The summed E-state index contributed by atoms with van der Waals surface area (Å²) in [5.41, 5.74) is 3.94. The molecule has 3 heterocycles. The Kier molecular flexibility index (Phi) is 8.24. The molecule has 0 radical (unpaired) electrons. The van der Waals surface area contributed by atoms with Gasteiger partial charge in [-0.05, 0) is 63.8 Å². The Balaban J connectivity index is 1.69. The zero-order valence-electron chi connectivity index (χ0n) is 19.6. The summed E-state index contributed by atoms with van der Waals surface area (Å²) in [5, 5.41) is 14.9. The summed E-state index contributed by atoms with van der Waals surface area (Å²) in [6.07, 6.45) is 4.15. The average molecular weight is 456 g/mol. The standard InChI is InChI=1S/C24H33N5O2S/c1-16-7-6-8-28(12-16)13-22-15-32-24(26-22)27-23(30)21(11-25)10-20-9-17(2)29(19(20)4)18(3)14-31-5/h9-10,15-16,18H,6-8,12-14H2,1-5H3,(H,26,27,30)/b21-10-. The number of thiazole rings is 1. The van der Waals surface area contributed by atoms with Crippen LogP contribution < -0.4 is 5.32 Å². The van der Waals surface area contributed by atoms with Crippen LogP contribution in [0, 0.1) is 31.1 Å². The van der Waals surface area contributed by atoms with Crippen molar-refractivity contribution in [1.82, 2.24) is 14.5 Å². The number of nitrogens with one attached hydrogen (secondary N) is 1. The molecule has 7 nitrogen and oxygen atoms in total. The highest BCUT2D eigenvalue weighted by molar-refractivity contribution is 7.14. The zero-order chi connectivity index (χ0) is 23.3. The number of likely N-dealkylation sites (tertiary alicyclic amines) is 1. The molecule has 3 rings (SSSR count). The normalized spacial score (nSPS) is 18.4. The summed E-state index contributed by atoms with van der Waals surface area (Å²) in [6.45, 7) is 11.9. The Morgan fingerprint density at radius 2 is 2.28 bits per heavy atom. The first-order chi connectivity index (χ1) is 15.3. The molecule has 172 valence electrons. The highest BCUT2D eigenvalue weighted by Gasteiger charge is 2.19. The number of hydrogen-bond donors (Lipinski definition) is 1. The van der Waals surface area contributed by atoms with Gasteiger partial charge in [0.1, 0.15) is 11.6 Å². The van der Waals surface area contributed by atoms with Crippen LogP contribution in [0.15, 0.2) is 17.0 Å². The lowest BCUT2D eigenvalue weighted by atomic mass is 10.0. The van der Waals surface area contributed by atoms with Gasteiger partial charge in [0.15, 0.2) is 5.13 Å². The second-order valence-corrected chi connectivity index (χ2v) is 9.61. The first-order valence-electron chi connectivity index (χ1n) is 11.1. The number of rotatable bonds is 8. The molecule has 2 aromatic rings. The van der Waals surface area contributed by atoms with Crippen LogP contribution in [0.5, 0.6) is 0 Å². The molecule has 2 atom stereocenters. The van der Waals surface area contributed by atoms with Gasteiger partial charge in [0.2, 0.25) is 0 Å². The lowest BCUT2D eigenvalue weighted by Crippen LogP contribution is -2.33. The van der Waals surface area contributed by atoms with E-state index in [1.807, 2.05) is 31.4 Å². The van der Waals surface area contributed by atoms with Crippen LogP contribution in [0.4, 0.5) is 5.13 Å². The van der Waals surface area contributed by atoms with Crippen LogP contribution in [-0.4, -0.2) is 47.2 Å². The molecule has 1 N–H and O–H groups in total. The number of carbonyl (C=O) groups is 1. The largest absolute Gasteiger partial charge is 0.383 e. The van der Waals surface area contributed by atoms with Crippen molar-refractivity contribution < 1.29 is 9.53 Å². The topological polar surface area (TPSA) is 83.2 Å². The molecule has 32 heavy (non-hydrogen) atoms. The van der Waals surface area contributed by atoms with E-state index in [0.717, 1.165) is 42.3 Å². The lowest BCUT2D eigenvalue weighted by molar-refractivity contribution is -0.112.